The number of esters is 2. The number of nitrogens with zero attached hydrogens (tertiary/aromatic N) is 1. The van der Waals surface area contributed by atoms with Gasteiger partial charge >= 0.3 is 11.9 Å². The molecule has 1 heterocycles. The molecule has 0 aliphatic carbocycles. The molecule has 3 atom stereocenters. The van der Waals surface area contributed by atoms with Crippen molar-refractivity contribution in [1.82, 2.24) is 15.8 Å². The Bertz CT molecular complexity index is 754. The third-order valence-electron chi connectivity index (χ3n) is 4.98. The van der Waals surface area contributed by atoms with Crippen molar-refractivity contribution in [1.29, 1.82) is 0 Å². The predicted molar refractivity (Wildman–Crippen MR) is 125 cm³/mol. The molecule has 0 aromatic carbocycles. The van der Waals surface area contributed by atoms with E-state index in [0.717, 1.165) is 0 Å². The molecule has 0 aromatic rings. The summed E-state index contributed by atoms with van der Waals surface area (Å²) < 4.78 is 8.63. The first-order valence-corrected chi connectivity index (χ1v) is 11.7. The maximum atomic E-state index is 12.9. The van der Waals surface area contributed by atoms with E-state index in [-0.39, 0.29) is 5.92 Å². The van der Waals surface area contributed by atoms with E-state index in [9.17, 15) is 19.2 Å². The number of rotatable bonds is 9. The van der Waals surface area contributed by atoms with Gasteiger partial charge in [0.2, 0.25) is 3.79 Å². The van der Waals surface area contributed by atoms with Gasteiger partial charge in [-0.1, -0.05) is 54.7 Å². The largest absolute Gasteiger partial charge is 0.460 e. The smallest absolute Gasteiger partial charge is 0.325 e. The molecular weight excluding hydrogens is 497 g/mol. The van der Waals surface area contributed by atoms with Crippen LogP contribution in [-0.2, 0) is 28.7 Å². The quantitative estimate of drug-likeness (QED) is 0.269. The molecule has 33 heavy (non-hydrogen) atoms. The number of carbonyl (C=O) groups is 4. The summed E-state index contributed by atoms with van der Waals surface area (Å²) in [7, 11) is 0. The van der Waals surface area contributed by atoms with Crippen molar-refractivity contribution in [3.63, 3.8) is 0 Å². The van der Waals surface area contributed by atoms with E-state index in [2.05, 4.69) is 17.3 Å². The van der Waals surface area contributed by atoms with Gasteiger partial charge in [0.1, 0.15) is 18.7 Å². The van der Waals surface area contributed by atoms with E-state index in [4.69, 9.17) is 44.3 Å². The maximum Gasteiger partial charge on any atom is 0.325 e. The third kappa shape index (κ3) is 9.31. The van der Waals surface area contributed by atoms with Crippen molar-refractivity contribution in [2.45, 2.75) is 69.4 Å². The summed E-state index contributed by atoms with van der Waals surface area (Å²) in [4.78, 5) is 50.2. The number of ether oxygens (including phenoxy) is 2. The molecule has 1 unspecified atom stereocenters. The number of nitrogens with one attached hydrogen (secondary N) is 2. The van der Waals surface area contributed by atoms with Crippen LogP contribution in [0, 0.1) is 11.3 Å². The fourth-order valence-corrected chi connectivity index (χ4v) is 2.97. The minimum absolute atomic E-state index is 0.323. The molecule has 1 saturated heterocycles. The number of halogens is 3. The highest BCUT2D eigenvalue weighted by Gasteiger charge is 2.36. The van der Waals surface area contributed by atoms with Crippen molar-refractivity contribution in [2.75, 3.05) is 13.2 Å². The minimum Gasteiger partial charge on any atom is -0.460 e. The molecule has 1 aliphatic heterocycles. The Morgan fingerprint density at radius 2 is 1.82 bits per heavy atom. The Balaban J connectivity index is 2.74. The van der Waals surface area contributed by atoms with Crippen molar-refractivity contribution < 1.29 is 28.7 Å². The molecular formula is C21H32Cl3N3O6. The second-order valence-electron chi connectivity index (χ2n) is 8.76. The van der Waals surface area contributed by atoms with Gasteiger partial charge in [0, 0.05) is 6.54 Å². The summed E-state index contributed by atoms with van der Waals surface area (Å²) in [6, 6.07) is -1.75. The van der Waals surface area contributed by atoms with Crippen LogP contribution in [0.3, 0.4) is 0 Å². The molecule has 188 valence electrons. The van der Waals surface area contributed by atoms with Gasteiger partial charge < -0.3 is 14.8 Å². The summed E-state index contributed by atoms with van der Waals surface area (Å²) in [5.74, 6) is -2.66. The zero-order valence-electron chi connectivity index (χ0n) is 19.5. The van der Waals surface area contributed by atoms with Crippen LogP contribution in [0.1, 0.15) is 47.5 Å². The zero-order chi connectivity index (χ0) is 25.6. The molecule has 1 aliphatic rings. The molecule has 0 radical (unpaired) electrons. The fourth-order valence-electron chi connectivity index (χ4n) is 2.80. The van der Waals surface area contributed by atoms with Crippen LogP contribution in [0.4, 0.5) is 0 Å². The molecule has 1 fully saturated rings. The average molecular weight is 529 g/mol. The van der Waals surface area contributed by atoms with Gasteiger partial charge in [-0.05, 0) is 39.5 Å². The lowest BCUT2D eigenvalue weighted by atomic mass is 9.94. The number of hydrogen-bond acceptors (Lipinski definition) is 7. The SMILES string of the molecule is C=CC(C)(C)C(=O)OC(C(=O)N[C@@H](C)C(=O)N1CCC[C@@H](C(=O)OCC(Cl)(Cl)Cl)N1)C(C)C. The van der Waals surface area contributed by atoms with Crippen LogP contribution in [0.5, 0.6) is 0 Å². The van der Waals surface area contributed by atoms with E-state index < -0.39 is 57.8 Å². The summed E-state index contributed by atoms with van der Waals surface area (Å²) in [5.41, 5.74) is 1.82. The molecule has 2 N–H and O–H groups in total. The lowest BCUT2D eigenvalue weighted by molar-refractivity contribution is -0.165. The molecule has 0 spiro atoms. The Hall–Kier alpha value is -1.55. The van der Waals surface area contributed by atoms with Crippen molar-refractivity contribution >= 4 is 58.6 Å². The minimum atomic E-state index is -1.74. The second-order valence-corrected chi connectivity index (χ2v) is 11.3. The van der Waals surface area contributed by atoms with E-state index in [0.29, 0.717) is 19.4 Å². The van der Waals surface area contributed by atoms with Gasteiger partial charge in [0.25, 0.3) is 11.8 Å². The molecule has 0 bridgehead atoms. The second kappa shape index (κ2) is 12.2. The number of carbonyl (C=O) groups excluding carboxylic acids is 4. The average Bonchev–Trinajstić information content (AvgIpc) is 2.73. The normalized spacial score (nSPS) is 18.8. The highest BCUT2D eigenvalue weighted by molar-refractivity contribution is 6.67. The summed E-state index contributed by atoms with van der Waals surface area (Å²) in [6.07, 6.45) is 1.29. The van der Waals surface area contributed by atoms with Crippen molar-refractivity contribution in [2.24, 2.45) is 11.3 Å². The standard InChI is InChI=1S/C21H32Cl3N3O6/c1-7-20(5,6)19(31)33-15(12(2)3)16(28)25-13(4)17(29)27-10-8-9-14(26-27)18(30)32-11-21(22,23)24/h7,12-15,26H,1,8-11H2,2-6H3,(H,25,28)/t13-,14-,15?/m0/s1. The lowest BCUT2D eigenvalue weighted by Gasteiger charge is -2.34. The van der Waals surface area contributed by atoms with E-state index in [1.165, 1.54) is 18.0 Å². The first-order valence-electron chi connectivity index (χ1n) is 10.5. The third-order valence-corrected chi connectivity index (χ3v) is 5.31. The van der Waals surface area contributed by atoms with Gasteiger partial charge in [0.05, 0.1) is 5.41 Å². The molecule has 0 saturated carbocycles. The molecule has 2 amide bonds. The van der Waals surface area contributed by atoms with Crippen LogP contribution in [0.25, 0.3) is 0 Å². The Morgan fingerprint density at radius 3 is 2.33 bits per heavy atom. The van der Waals surface area contributed by atoms with Crippen LogP contribution in [0.2, 0.25) is 0 Å². The van der Waals surface area contributed by atoms with Gasteiger partial charge in [-0.15, -0.1) is 6.58 Å². The number of hydrazine groups is 1. The summed E-state index contributed by atoms with van der Waals surface area (Å²) in [5, 5.41) is 3.82. The van der Waals surface area contributed by atoms with Crippen LogP contribution < -0.4 is 10.7 Å². The van der Waals surface area contributed by atoms with E-state index in [1.54, 1.807) is 27.7 Å². The topological polar surface area (TPSA) is 114 Å². The molecule has 0 aromatic heterocycles. The van der Waals surface area contributed by atoms with Crippen molar-refractivity contribution in [3.8, 4) is 0 Å². The van der Waals surface area contributed by atoms with Gasteiger partial charge in [-0.2, -0.15) is 0 Å². The lowest BCUT2D eigenvalue weighted by Crippen LogP contribution is -2.60. The van der Waals surface area contributed by atoms with Gasteiger partial charge in [-0.25, -0.2) is 5.43 Å². The van der Waals surface area contributed by atoms with Gasteiger partial charge in [0.15, 0.2) is 6.10 Å². The Morgan fingerprint density at radius 1 is 1.21 bits per heavy atom. The molecule has 1 rings (SSSR count). The highest BCUT2D eigenvalue weighted by atomic mass is 35.6. The number of amides is 2. The molecule has 9 nitrogen and oxygen atoms in total. The maximum absolute atomic E-state index is 12.9. The molecule has 12 heteroatoms. The highest BCUT2D eigenvalue weighted by Crippen LogP contribution is 2.26. The first-order chi connectivity index (χ1) is 15.1. The fraction of sp³-hybridized carbons (Fsp3) is 0.714. The summed E-state index contributed by atoms with van der Waals surface area (Å²) >= 11 is 16.8. The van der Waals surface area contributed by atoms with E-state index >= 15 is 0 Å². The van der Waals surface area contributed by atoms with Crippen LogP contribution in [0.15, 0.2) is 12.7 Å². The number of alkyl halides is 3. The summed E-state index contributed by atoms with van der Waals surface area (Å²) in [6.45, 7) is 11.7. The van der Waals surface area contributed by atoms with Crippen LogP contribution in [-0.4, -0.2) is 63.9 Å². The monoisotopic (exact) mass is 527 g/mol. The Labute approximate surface area is 209 Å². The number of hydrogen-bond donors (Lipinski definition) is 2. The van der Waals surface area contributed by atoms with Crippen molar-refractivity contribution in [3.05, 3.63) is 12.7 Å². The predicted octanol–water partition coefficient (Wildman–Crippen LogP) is 2.68. The van der Waals surface area contributed by atoms with E-state index in [1.807, 2.05) is 0 Å². The van der Waals surface area contributed by atoms with Crippen LogP contribution >= 0.6 is 34.8 Å². The first kappa shape index (κ1) is 29.5. The Kier molecular flexibility index (Phi) is 10.9. The van der Waals surface area contributed by atoms with Gasteiger partial charge in [-0.3, -0.25) is 24.2 Å². The zero-order valence-corrected chi connectivity index (χ0v) is 21.7.